The van der Waals surface area contributed by atoms with E-state index in [-0.39, 0.29) is 55.1 Å². The number of hydrogen-bond donors (Lipinski definition) is 2. The van der Waals surface area contributed by atoms with Gasteiger partial charge < -0.3 is 39.5 Å². The summed E-state index contributed by atoms with van der Waals surface area (Å²) in [6.45, 7) is 3.48. The van der Waals surface area contributed by atoms with Gasteiger partial charge in [0.15, 0.2) is 11.5 Å². The summed E-state index contributed by atoms with van der Waals surface area (Å²) >= 11 is 0. The van der Waals surface area contributed by atoms with E-state index < -0.39 is 41.9 Å². The first-order valence-electron chi connectivity index (χ1n) is 14.8. The predicted molar refractivity (Wildman–Crippen MR) is 168 cm³/mol. The van der Waals surface area contributed by atoms with E-state index in [2.05, 4.69) is 5.32 Å². The van der Waals surface area contributed by atoms with E-state index in [0.29, 0.717) is 17.1 Å². The summed E-state index contributed by atoms with van der Waals surface area (Å²) in [5, 5.41) is 2.61. The lowest BCUT2D eigenvalue weighted by Crippen LogP contribution is -2.44. The number of hydrogen-bond acceptors (Lipinski definition) is 12. The molecular weight excluding hydrogens is 612 g/mol. The molecule has 250 valence electrons. The molecule has 0 aliphatic heterocycles. The van der Waals surface area contributed by atoms with Crippen molar-refractivity contribution >= 4 is 29.8 Å². The fraction of sp³-hybridized carbons (Fsp3) is 0.324. The van der Waals surface area contributed by atoms with Crippen LogP contribution in [0.2, 0.25) is 0 Å². The van der Waals surface area contributed by atoms with Crippen molar-refractivity contribution in [2.75, 3.05) is 27.4 Å². The number of rotatable bonds is 16. The van der Waals surface area contributed by atoms with Crippen molar-refractivity contribution < 1.29 is 52.4 Å². The number of esters is 4. The summed E-state index contributed by atoms with van der Waals surface area (Å²) in [7, 11) is 2.99. The first-order chi connectivity index (χ1) is 22.6. The number of nitrogens with two attached hydrogens (primary N) is 1. The highest BCUT2D eigenvalue weighted by molar-refractivity contribution is 5.93. The normalized spacial score (nSPS) is 11.8. The van der Waals surface area contributed by atoms with Crippen LogP contribution in [-0.2, 0) is 30.3 Å². The minimum Gasteiger partial charge on any atom is -0.497 e. The zero-order valence-corrected chi connectivity index (χ0v) is 26.6. The third-order valence-corrected chi connectivity index (χ3v) is 6.68. The Hall–Kier alpha value is -5.43. The number of ether oxygens (including phenoxy) is 6. The molecule has 0 aromatic heterocycles. The maximum absolute atomic E-state index is 13.1. The van der Waals surface area contributed by atoms with E-state index in [1.807, 2.05) is 0 Å². The quantitative estimate of drug-likeness (QED) is 0.171. The molecule has 13 heteroatoms. The van der Waals surface area contributed by atoms with Crippen LogP contribution in [0.15, 0.2) is 66.7 Å². The summed E-state index contributed by atoms with van der Waals surface area (Å²) < 4.78 is 31.5. The lowest BCUT2D eigenvalue weighted by molar-refractivity contribution is -0.148. The average molecular weight is 651 g/mol. The summed E-state index contributed by atoms with van der Waals surface area (Å²) in [6.07, 6.45) is -0.227. The van der Waals surface area contributed by atoms with Gasteiger partial charge in [-0.15, -0.1) is 0 Å². The lowest BCUT2D eigenvalue weighted by Gasteiger charge is -2.19. The fourth-order valence-electron chi connectivity index (χ4n) is 4.21. The Balaban J connectivity index is 1.86. The molecule has 0 radical (unpaired) electrons. The molecule has 0 saturated heterocycles. The topological polar surface area (TPSA) is 179 Å². The van der Waals surface area contributed by atoms with Gasteiger partial charge in [-0.2, -0.15) is 0 Å². The number of carbonyl (C=O) groups is 5. The molecule has 3 N–H and O–H groups in total. The summed E-state index contributed by atoms with van der Waals surface area (Å²) in [6, 6.07) is 14.7. The van der Waals surface area contributed by atoms with E-state index in [1.165, 1.54) is 50.6 Å². The Kier molecular flexibility index (Phi) is 13.7. The molecule has 0 fully saturated rings. The van der Waals surface area contributed by atoms with Gasteiger partial charge in [-0.3, -0.25) is 9.59 Å². The molecule has 0 heterocycles. The number of carbonyl (C=O) groups excluding carboxylic acids is 5. The van der Waals surface area contributed by atoms with Gasteiger partial charge in [-0.05, 0) is 86.5 Å². The highest BCUT2D eigenvalue weighted by Crippen LogP contribution is 2.31. The number of nitrogens with one attached hydrogen (secondary N) is 1. The Morgan fingerprint density at radius 3 is 1.72 bits per heavy atom. The molecular formula is C34H38N2O11. The Bertz CT molecular complexity index is 1540. The van der Waals surface area contributed by atoms with Gasteiger partial charge in [0.05, 0.1) is 38.6 Å². The highest BCUT2D eigenvalue weighted by atomic mass is 16.6. The molecule has 3 aromatic carbocycles. The third-order valence-electron chi connectivity index (χ3n) is 6.68. The molecule has 1 amide bonds. The summed E-state index contributed by atoms with van der Waals surface area (Å²) in [5.74, 6) is -2.45. The Morgan fingerprint density at radius 2 is 1.21 bits per heavy atom. The van der Waals surface area contributed by atoms with Crippen LogP contribution in [0.4, 0.5) is 0 Å². The van der Waals surface area contributed by atoms with Gasteiger partial charge in [0.25, 0.3) is 0 Å². The van der Waals surface area contributed by atoms with Gasteiger partial charge in [-0.25, -0.2) is 14.4 Å². The number of amides is 1. The molecule has 3 rings (SSSR count). The van der Waals surface area contributed by atoms with Gasteiger partial charge >= 0.3 is 23.9 Å². The van der Waals surface area contributed by atoms with Crippen molar-refractivity contribution in [1.82, 2.24) is 5.32 Å². The molecule has 0 aliphatic rings. The average Bonchev–Trinajstić information content (AvgIpc) is 3.08. The second-order valence-corrected chi connectivity index (χ2v) is 9.99. The smallest absolute Gasteiger partial charge is 0.343 e. The molecule has 13 nitrogen and oxygen atoms in total. The summed E-state index contributed by atoms with van der Waals surface area (Å²) in [5.41, 5.74) is 6.64. The molecule has 47 heavy (non-hydrogen) atoms. The van der Waals surface area contributed by atoms with E-state index in [1.54, 1.807) is 44.2 Å². The second kappa shape index (κ2) is 17.9. The van der Waals surface area contributed by atoms with Crippen LogP contribution in [0, 0.1) is 0 Å². The van der Waals surface area contributed by atoms with Crippen LogP contribution >= 0.6 is 0 Å². The first kappa shape index (κ1) is 36.0. The van der Waals surface area contributed by atoms with E-state index in [4.69, 9.17) is 34.2 Å². The standard InChI is InChI=1S/C34H38N2O11/c1-5-44-33(40)26(35)16-18-30(37)36-27(34(41)45-6-2)19-21-7-17-28(46-31(38)22-8-12-24(42-3)13-9-22)29(20-21)47-32(39)23-10-14-25(43-4)15-11-23/h7-15,17,20,26-27H,5-6,16,18-19,35H2,1-4H3,(H,36,37)/t26-,27-/m0/s1. The van der Waals surface area contributed by atoms with E-state index in [0.717, 1.165) is 0 Å². The van der Waals surface area contributed by atoms with Gasteiger partial charge in [0.1, 0.15) is 23.6 Å². The molecule has 0 aliphatic carbocycles. The molecule has 3 aromatic rings. The Morgan fingerprint density at radius 1 is 0.702 bits per heavy atom. The van der Waals surface area contributed by atoms with Crippen LogP contribution in [-0.4, -0.2) is 69.3 Å². The van der Waals surface area contributed by atoms with Crippen LogP contribution in [0.3, 0.4) is 0 Å². The number of benzene rings is 3. The minimum absolute atomic E-state index is 0.0000674. The number of methoxy groups -OCH3 is 2. The zero-order valence-electron chi connectivity index (χ0n) is 26.6. The van der Waals surface area contributed by atoms with Crippen molar-refractivity contribution in [2.24, 2.45) is 5.73 Å². The highest BCUT2D eigenvalue weighted by Gasteiger charge is 2.25. The monoisotopic (exact) mass is 650 g/mol. The zero-order chi connectivity index (χ0) is 34.3. The van der Waals surface area contributed by atoms with E-state index >= 15 is 0 Å². The van der Waals surface area contributed by atoms with Crippen molar-refractivity contribution in [3.05, 3.63) is 83.4 Å². The Labute approximate surface area is 272 Å². The second-order valence-electron chi connectivity index (χ2n) is 9.99. The molecule has 0 unspecified atom stereocenters. The van der Waals surface area contributed by atoms with Gasteiger partial charge in [0.2, 0.25) is 5.91 Å². The van der Waals surface area contributed by atoms with Crippen molar-refractivity contribution in [1.29, 1.82) is 0 Å². The largest absolute Gasteiger partial charge is 0.497 e. The van der Waals surface area contributed by atoms with Gasteiger partial charge in [0, 0.05) is 12.8 Å². The third kappa shape index (κ3) is 10.9. The van der Waals surface area contributed by atoms with Crippen LogP contribution < -0.4 is 30.0 Å². The summed E-state index contributed by atoms with van der Waals surface area (Å²) in [4.78, 5) is 63.4. The van der Waals surface area contributed by atoms with E-state index in [9.17, 15) is 24.0 Å². The van der Waals surface area contributed by atoms with Crippen molar-refractivity contribution in [2.45, 2.75) is 45.2 Å². The fourth-order valence-corrected chi connectivity index (χ4v) is 4.21. The molecule has 0 saturated carbocycles. The molecule has 0 spiro atoms. The first-order valence-corrected chi connectivity index (χ1v) is 14.8. The van der Waals surface area contributed by atoms with Crippen LogP contribution in [0.25, 0.3) is 0 Å². The van der Waals surface area contributed by atoms with Crippen LogP contribution in [0.5, 0.6) is 23.0 Å². The van der Waals surface area contributed by atoms with Crippen molar-refractivity contribution in [3.8, 4) is 23.0 Å². The lowest BCUT2D eigenvalue weighted by atomic mass is 10.0. The minimum atomic E-state index is -1.14. The van der Waals surface area contributed by atoms with Gasteiger partial charge in [-0.1, -0.05) is 6.07 Å². The maximum atomic E-state index is 13.1. The van der Waals surface area contributed by atoms with Crippen molar-refractivity contribution in [3.63, 3.8) is 0 Å². The maximum Gasteiger partial charge on any atom is 0.343 e. The van der Waals surface area contributed by atoms with Crippen LogP contribution in [0.1, 0.15) is 53.0 Å². The predicted octanol–water partition coefficient (Wildman–Crippen LogP) is 3.40. The molecule has 0 bridgehead atoms. The molecule has 2 atom stereocenters. The SMILES string of the molecule is CCOC(=O)[C@H](Cc1ccc(OC(=O)c2ccc(OC)cc2)c(OC(=O)c2ccc(OC)cc2)c1)NC(=O)CC[C@H](N)C(=O)OCC.